The number of H-pyrrole nitrogens is 1. The summed E-state index contributed by atoms with van der Waals surface area (Å²) >= 11 is 7.70. The normalized spacial score (nSPS) is 11.1. The van der Waals surface area contributed by atoms with Crippen LogP contribution in [0, 0.1) is 6.92 Å². The summed E-state index contributed by atoms with van der Waals surface area (Å²) in [5.74, 6) is 0.476. The van der Waals surface area contributed by atoms with E-state index in [4.69, 9.17) is 11.6 Å². The number of hydrogen-bond donors (Lipinski definition) is 1. The molecule has 0 saturated heterocycles. The van der Waals surface area contributed by atoms with Gasteiger partial charge in [0.25, 0.3) is 5.56 Å². The van der Waals surface area contributed by atoms with Gasteiger partial charge in [-0.3, -0.25) is 9.78 Å². The van der Waals surface area contributed by atoms with E-state index in [-0.39, 0.29) is 5.56 Å². The van der Waals surface area contributed by atoms with E-state index in [1.165, 1.54) is 11.3 Å². The van der Waals surface area contributed by atoms with Gasteiger partial charge in [0.15, 0.2) is 5.82 Å². The van der Waals surface area contributed by atoms with Crippen LogP contribution in [0.5, 0.6) is 0 Å². The van der Waals surface area contributed by atoms with Gasteiger partial charge in [-0.1, -0.05) is 29.8 Å². The lowest BCUT2D eigenvalue weighted by atomic mass is 10.1. The van der Waals surface area contributed by atoms with E-state index in [2.05, 4.69) is 15.0 Å². The Labute approximate surface area is 146 Å². The summed E-state index contributed by atoms with van der Waals surface area (Å²) in [6.07, 6.45) is 1.71. The second-order valence-electron chi connectivity index (χ2n) is 5.44. The number of fused-ring (bicyclic) bond motifs is 1. The molecule has 1 N–H and O–H groups in total. The van der Waals surface area contributed by atoms with E-state index in [9.17, 15) is 4.79 Å². The predicted molar refractivity (Wildman–Crippen MR) is 98.7 cm³/mol. The third-order valence-corrected chi connectivity index (χ3v) is 4.97. The van der Waals surface area contributed by atoms with Crippen molar-refractivity contribution in [2.24, 2.45) is 0 Å². The van der Waals surface area contributed by atoms with Crippen molar-refractivity contribution in [3.8, 4) is 22.6 Å². The van der Waals surface area contributed by atoms with Crippen LogP contribution >= 0.6 is 22.9 Å². The van der Waals surface area contributed by atoms with Gasteiger partial charge in [-0.05, 0) is 30.7 Å². The average molecular weight is 354 g/mol. The van der Waals surface area contributed by atoms with Crippen molar-refractivity contribution in [1.82, 2.24) is 15.0 Å². The zero-order valence-corrected chi connectivity index (χ0v) is 14.3. The summed E-state index contributed by atoms with van der Waals surface area (Å²) < 4.78 is 0. The van der Waals surface area contributed by atoms with Gasteiger partial charge in [0.05, 0.1) is 5.39 Å². The van der Waals surface area contributed by atoms with E-state index in [1.807, 2.05) is 48.7 Å². The Balaban J connectivity index is 1.94. The zero-order valence-electron chi connectivity index (χ0n) is 12.7. The largest absolute Gasteiger partial charge is 0.305 e. The number of hydrogen-bond acceptors (Lipinski definition) is 4. The van der Waals surface area contributed by atoms with E-state index >= 15 is 0 Å². The number of nitrogens with one attached hydrogen (secondary N) is 1. The zero-order chi connectivity index (χ0) is 16.7. The average Bonchev–Trinajstić information content (AvgIpc) is 3.00. The highest BCUT2D eigenvalue weighted by molar-refractivity contribution is 7.17. The predicted octanol–water partition coefficient (Wildman–Crippen LogP) is 4.68. The van der Waals surface area contributed by atoms with Crippen molar-refractivity contribution in [2.45, 2.75) is 6.92 Å². The summed E-state index contributed by atoms with van der Waals surface area (Å²) in [6.45, 7) is 1.97. The van der Waals surface area contributed by atoms with Crippen molar-refractivity contribution < 1.29 is 0 Å². The standard InChI is InChI=1S/C18H12ClN3OS/c1-10-6-7-20-14(8-10)16-21-17(23)15-12(9-24-18(15)22-16)11-4-2-3-5-13(11)19/h2-9H,1H3,(H,21,22,23). The molecule has 4 aromatic rings. The van der Waals surface area contributed by atoms with E-state index in [0.717, 1.165) is 16.7 Å². The molecule has 0 aliphatic heterocycles. The molecular formula is C18H12ClN3OS. The molecule has 0 radical (unpaired) electrons. The molecule has 0 unspecified atom stereocenters. The number of nitrogens with zero attached hydrogens (tertiary/aromatic N) is 2. The van der Waals surface area contributed by atoms with Crippen LogP contribution in [-0.2, 0) is 0 Å². The van der Waals surface area contributed by atoms with Crippen LogP contribution < -0.4 is 5.56 Å². The summed E-state index contributed by atoms with van der Waals surface area (Å²) in [7, 11) is 0. The van der Waals surface area contributed by atoms with Crippen molar-refractivity contribution in [3.63, 3.8) is 0 Å². The van der Waals surface area contributed by atoms with Crippen LogP contribution in [0.15, 0.2) is 52.8 Å². The van der Waals surface area contributed by atoms with Gasteiger partial charge in [-0.15, -0.1) is 11.3 Å². The van der Waals surface area contributed by atoms with Crippen molar-refractivity contribution >= 4 is 33.2 Å². The lowest BCUT2D eigenvalue weighted by Crippen LogP contribution is -2.09. The Bertz CT molecular complexity index is 1120. The van der Waals surface area contributed by atoms with Crippen LogP contribution in [0.4, 0.5) is 0 Å². The number of benzene rings is 1. The van der Waals surface area contributed by atoms with Gasteiger partial charge in [0.1, 0.15) is 10.5 Å². The second-order valence-corrected chi connectivity index (χ2v) is 6.71. The Kier molecular flexibility index (Phi) is 3.67. The lowest BCUT2D eigenvalue weighted by Gasteiger charge is -2.04. The third-order valence-electron chi connectivity index (χ3n) is 3.77. The number of aryl methyl sites for hydroxylation is 1. The molecule has 0 aliphatic rings. The number of halogens is 1. The Morgan fingerprint density at radius 1 is 1.17 bits per heavy atom. The maximum absolute atomic E-state index is 12.7. The van der Waals surface area contributed by atoms with Crippen LogP contribution in [0.2, 0.25) is 5.02 Å². The fourth-order valence-corrected chi connectivity index (χ4v) is 3.79. The summed E-state index contributed by atoms with van der Waals surface area (Å²) in [4.78, 5) is 25.0. The minimum absolute atomic E-state index is 0.186. The number of aromatic amines is 1. The molecule has 0 spiro atoms. The molecule has 0 bridgehead atoms. The number of thiophene rings is 1. The van der Waals surface area contributed by atoms with Crippen LogP contribution in [-0.4, -0.2) is 15.0 Å². The van der Waals surface area contributed by atoms with E-state index < -0.39 is 0 Å². The second kappa shape index (κ2) is 5.85. The van der Waals surface area contributed by atoms with Gasteiger partial charge < -0.3 is 4.98 Å². The Hall–Kier alpha value is -2.50. The first kappa shape index (κ1) is 15.1. The molecule has 1 aromatic carbocycles. The number of rotatable bonds is 2. The molecule has 0 atom stereocenters. The van der Waals surface area contributed by atoms with Gasteiger partial charge in [-0.2, -0.15) is 0 Å². The van der Waals surface area contributed by atoms with Gasteiger partial charge in [0.2, 0.25) is 0 Å². The molecule has 4 rings (SSSR count). The van der Waals surface area contributed by atoms with Crippen LogP contribution in [0.1, 0.15) is 5.56 Å². The molecule has 3 heterocycles. The number of pyridine rings is 1. The molecule has 4 nitrogen and oxygen atoms in total. The summed E-state index contributed by atoms with van der Waals surface area (Å²) in [6, 6.07) is 11.3. The summed E-state index contributed by atoms with van der Waals surface area (Å²) in [5, 5.41) is 3.09. The maximum atomic E-state index is 12.7. The quantitative estimate of drug-likeness (QED) is 0.569. The first-order chi connectivity index (χ1) is 11.6. The molecule has 0 fully saturated rings. The smallest absolute Gasteiger partial charge is 0.260 e. The van der Waals surface area contributed by atoms with Gasteiger partial charge in [-0.25, -0.2) is 4.98 Å². The minimum Gasteiger partial charge on any atom is -0.305 e. The SMILES string of the molecule is Cc1ccnc(-c2nc3scc(-c4ccccc4Cl)c3c(=O)[nH]2)c1. The first-order valence-electron chi connectivity index (χ1n) is 7.33. The highest BCUT2D eigenvalue weighted by atomic mass is 35.5. The van der Waals surface area contributed by atoms with Gasteiger partial charge >= 0.3 is 0 Å². The monoisotopic (exact) mass is 353 g/mol. The van der Waals surface area contributed by atoms with Crippen molar-refractivity contribution in [3.05, 3.63) is 68.9 Å². The molecular weight excluding hydrogens is 342 g/mol. The molecule has 24 heavy (non-hydrogen) atoms. The molecule has 0 aliphatic carbocycles. The van der Waals surface area contributed by atoms with E-state index in [0.29, 0.717) is 26.8 Å². The molecule has 0 saturated carbocycles. The lowest BCUT2D eigenvalue weighted by molar-refractivity contribution is 1.14. The summed E-state index contributed by atoms with van der Waals surface area (Å²) in [5.41, 5.74) is 3.17. The highest BCUT2D eigenvalue weighted by Gasteiger charge is 2.15. The highest BCUT2D eigenvalue weighted by Crippen LogP contribution is 2.35. The Morgan fingerprint density at radius 2 is 2.00 bits per heavy atom. The fraction of sp³-hybridized carbons (Fsp3) is 0.0556. The first-order valence-corrected chi connectivity index (χ1v) is 8.58. The third kappa shape index (κ3) is 2.52. The molecule has 118 valence electrons. The van der Waals surface area contributed by atoms with Gasteiger partial charge in [0, 0.05) is 27.7 Å². The molecule has 6 heteroatoms. The van der Waals surface area contributed by atoms with Crippen LogP contribution in [0.3, 0.4) is 0 Å². The minimum atomic E-state index is -0.186. The van der Waals surface area contributed by atoms with E-state index in [1.54, 1.807) is 6.20 Å². The molecule has 3 aromatic heterocycles. The van der Waals surface area contributed by atoms with Crippen LogP contribution in [0.25, 0.3) is 32.9 Å². The van der Waals surface area contributed by atoms with Crippen molar-refractivity contribution in [1.29, 1.82) is 0 Å². The fourth-order valence-electron chi connectivity index (χ4n) is 2.61. The Morgan fingerprint density at radius 3 is 2.79 bits per heavy atom. The topological polar surface area (TPSA) is 58.6 Å². The van der Waals surface area contributed by atoms with Crippen molar-refractivity contribution in [2.75, 3.05) is 0 Å². The maximum Gasteiger partial charge on any atom is 0.260 e. The number of aromatic nitrogens is 3. The molecule has 0 amide bonds.